The fraction of sp³-hybridized carbons (Fsp3) is 0.267. The van der Waals surface area contributed by atoms with Gasteiger partial charge in [0.05, 0.1) is 10.6 Å². The number of anilines is 1. The van der Waals surface area contributed by atoms with E-state index >= 15 is 0 Å². The van der Waals surface area contributed by atoms with Crippen molar-refractivity contribution >= 4 is 22.2 Å². The molecule has 0 unspecified atom stereocenters. The standard InChI is InChI=1S/C15H18N2OS/c1-9-5-6-11(10(2)7-9)12-8-19-14(16)13(12)15(18)17(3)4/h5-8H,16H2,1-4H3. The topological polar surface area (TPSA) is 46.3 Å². The summed E-state index contributed by atoms with van der Waals surface area (Å²) < 4.78 is 0. The number of thiophene rings is 1. The molecule has 2 rings (SSSR count). The number of carbonyl (C=O) groups excluding carboxylic acids is 1. The van der Waals surface area contributed by atoms with Crippen molar-refractivity contribution in [2.45, 2.75) is 13.8 Å². The molecule has 0 spiro atoms. The van der Waals surface area contributed by atoms with Gasteiger partial charge in [-0.05, 0) is 25.0 Å². The molecule has 0 saturated carbocycles. The summed E-state index contributed by atoms with van der Waals surface area (Å²) in [6.45, 7) is 4.12. The second kappa shape index (κ2) is 5.05. The lowest BCUT2D eigenvalue weighted by Crippen LogP contribution is -2.22. The molecule has 0 aliphatic rings. The Balaban J connectivity index is 2.61. The van der Waals surface area contributed by atoms with Crippen molar-refractivity contribution in [3.8, 4) is 11.1 Å². The van der Waals surface area contributed by atoms with Gasteiger partial charge in [0.2, 0.25) is 0 Å². The molecule has 0 saturated heterocycles. The van der Waals surface area contributed by atoms with Crippen LogP contribution in [-0.2, 0) is 0 Å². The minimum absolute atomic E-state index is 0.0475. The van der Waals surface area contributed by atoms with E-state index in [4.69, 9.17) is 5.73 Å². The van der Waals surface area contributed by atoms with Gasteiger partial charge in [-0.3, -0.25) is 4.79 Å². The Labute approximate surface area is 117 Å². The maximum absolute atomic E-state index is 12.3. The quantitative estimate of drug-likeness (QED) is 0.913. The van der Waals surface area contributed by atoms with E-state index in [2.05, 4.69) is 32.0 Å². The second-order valence-electron chi connectivity index (χ2n) is 4.91. The number of carbonyl (C=O) groups is 1. The van der Waals surface area contributed by atoms with E-state index in [9.17, 15) is 4.79 Å². The fourth-order valence-electron chi connectivity index (χ4n) is 2.13. The van der Waals surface area contributed by atoms with Crippen LogP contribution < -0.4 is 5.73 Å². The van der Waals surface area contributed by atoms with Gasteiger partial charge >= 0.3 is 0 Å². The van der Waals surface area contributed by atoms with Gasteiger partial charge in [0, 0.05) is 25.0 Å². The highest BCUT2D eigenvalue weighted by molar-refractivity contribution is 7.15. The maximum atomic E-state index is 12.3. The number of rotatable bonds is 2. The van der Waals surface area contributed by atoms with Crippen LogP contribution in [0, 0.1) is 13.8 Å². The molecule has 19 heavy (non-hydrogen) atoms. The van der Waals surface area contributed by atoms with Gasteiger partial charge in [-0.25, -0.2) is 0 Å². The summed E-state index contributed by atoms with van der Waals surface area (Å²) in [6.07, 6.45) is 0. The van der Waals surface area contributed by atoms with E-state index in [0.29, 0.717) is 10.6 Å². The lowest BCUT2D eigenvalue weighted by atomic mass is 9.97. The van der Waals surface area contributed by atoms with Gasteiger partial charge in [-0.1, -0.05) is 23.8 Å². The maximum Gasteiger partial charge on any atom is 0.256 e. The van der Waals surface area contributed by atoms with Crippen LogP contribution in [0.15, 0.2) is 23.6 Å². The first kappa shape index (κ1) is 13.6. The predicted molar refractivity (Wildman–Crippen MR) is 81.7 cm³/mol. The van der Waals surface area contributed by atoms with Crippen LogP contribution in [0.3, 0.4) is 0 Å². The van der Waals surface area contributed by atoms with Gasteiger partial charge in [-0.2, -0.15) is 0 Å². The summed E-state index contributed by atoms with van der Waals surface area (Å²) in [5.74, 6) is -0.0475. The van der Waals surface area contributed by atoms with Crippen molar-refractivity contribution in [1.29, 1.82) is 0 Å². The Bertz CT molecular complexity index is 629. The first-order valence-corrected chi connectivity index (χ1v) is 6.96. The summed E-state index contributed by atoms with van der Waals surface area (Å²) in [6, 6.07) is 6.23. The number of amides is 1. The van der Waals surface area contributed by atoms with Crippen molar-refractivity contribution in [1.82, 2.24) is 4.90 Å². The monoisotopic (exact) mass is 274 g/mol. The zero-order chi connectivity index (χ0) is 14.2. The van der Waals surface area contributed by atoms with Crippen LogP contribution in [0.1, 0.15) is 21.5 Å². The van der Waals surface area contributed by atoms with Crippen molar-refractivity contribution in [2.24, 2.45) is 0 Å². The van der Waals surface area contributed by atoms with Crippen LogP contribution in [-0.4, -0.2) is 24.9 Å². The molecule has 3 nitrogen and oxygen atoms in total. The molecular formula is C15H18N2OS. The van der Waals surface area contributed by atoms with Gasteiger partial charge in [0.25, 0.3) is 5.91 Å². The Morgan fingerprint density at radius 3 is 2.47 bits per heavy atom. The predicted octanol–water partition coefficient (Wildman–Crippen LogP) is 3.32. The van der Waals surface area contributed by atoms with Crippen molar-refractivity contribution in [3.63, 3.8) is 0 Å². The minimum atomic E-state index is -0.0475. The molecule has 2 aromatic rings. The van der Waals surface area contributed by atoms with E-state index in [-0.39, 0.29) is 5.91 Å². The summed E-state index contributed by atoms with van der Waals surface area (Å²) in [4.78, 5) is 13.8. The SMILES string of the molecule is Cc1ccc(-c2csc(N)c2C(=O)N(C)C)c(C)c1. The molecule has 0 atom stereocenters. The van der Waals surface area contributed by atoms with E-state index in [0.717, 1.165) is 16.7 Å². The molecule has 2 N–H and O–H groups in total. The Morgan fingerprint density at radius 1 is 1.21 bits per heavy atom. The average Bonchev–Trinajstić information content (AvgIpc) is 2.70. The highest BCUT2D eigenvalue weighted by Crippen LogP contribution is 2.36. The average molecular weight is 274 g/mol. The molecule has 0 fully saturated rings. The Hall–Kier alpha value is -1.81. The zero-order valence-electron chi connectivity index (χ0n) is 11.7. The number of nitrogens with two attached hydrogens (primary N) is 1. The zero-order valence-corrected chi connectivity index (χ0v) is 12.5. The van der Waals surface area contributed by atoms with Gasteiger partial charge < -0.3 is 10.6 Å². The molecule has 4 heteroatoms. The summed E-state index contributed by atoms with van der Waals surface area (Å²) >= 11 is 1.41. The van der Waals surface area contributed by atoms with Gasteiger partial charge in [0.1, 0.15) is 0 Å². The summed E-state index contributed by atoms with van der Waals surface area (Å²) in [5, 5.41) is 2.54. The van der Waals surface area contributed by atoms with Crippen LogP contribution in [0.4, 0.5) is 5.00 Å². The van der Waals surface area contributed by atoms with Crippen molar-refractivity contribution in [2.75, 3.05) is 19.8 Å². The molecule has 1 heterocycles. The lowest BCUT2D eigenvalue weighted by molar-refractivity contribution is 0.0830. The molecule has 1 amide bonds. The summed E-state index contributed by atoms with van der Waals surface area (Å²) in [7, 11) is 3.48. The van der Waals surface area contributed by atoms with Gasteiger partial charge in [-0.15, -0.1) is 11.3 Å². The first-order valence-electron chi connectivity index (χ1n) is 6.08. The number of nitrogen functional groups attached to an aromatic ring is 1. The first-order chi connectivity index (χ1) is 8.91. The molecule has 1 aromatic carbocycles. The summed E-state index contributed by atoms with van der Waals surface area (Å²) in [5.41, 5.74) is 11.0. The third-order valence-corrected chi connectivity index (χ3v) is 3.92. The van der Waals surface area contributed by atoms with E-state index < -0.39 is 0 Å². The molecule has 0 aliphatic carbocycles. The van der Waals surface area contributed by atoms with Crippen molar-refractivity contribution in [3.05, 3.63) is 40.3 Å². The van der Waals surface area contributed by atoms with Crippen LogP contribution in [0.5, 0.6) is 0 Å². The number of hydrogen-bond acceptors (Lipinski definition) is 3. The molecule has 0 aliphatic heterocycles. The smallest absolute Gasteiger partial charge is 0.256 e. The number of nitrogens with zero attached hydrogens (tertiary/aromatic N) is 1. The van der Waals surface area contributed by atoms with Crippen molar-refractivity contribution < 1.29 is 4.79 Å². The van der Waals surface area contributed by atoms with E-state index in [1.54, 1.807) is 19.0 Å². The third-order valence-electron chi connectivity index (χ3n) is 3.11. The largest absolute Gasteiger partial charge is 0.390 e. The molecule has 1 aromatic heterocycles. The van der Waals surface area contributed by atoms with Crippen LogP contribution in [0.25, 0.3) is 11.1 Å². The van der Waals surface area contributed by atoms with E-state index in [1.165, 1.54) is 16.9 Å². The number of aryl methyl sites for hydroxylation is 2. The molecule has 0 radical (unpaired) electrons. The van der Waals surface area contributed by atoms with Crippen LogP contribution >= 0.6 is 11.3 Å². The third kappa shape index (κ3) is 2.49. The molecule has 0 bridgehead atoms. The molecule has 100 valence electrons. The fourth-order valence-corrected chi connectivity index (χ4v) is 2.94. The number of hydrogen-bond donors (Lipinski definition) is 1. The van der Waals surface area contributed by atoms with Gasteiger partial charge in [0.15, 0.2) is 0 Å². The normalized spacial score (nSPS) is 10.5. The Morgan fingerprint density at radius 2 is 1.89 bits per heavy atom. The lowest BCUT2D eigenvalue weighted by Gasteiger charge is -2.13. The highest BCUT2D eigenvalue weighted by atomic mass is 32.1. The number of benzene rings is 1. The minimum Gasteiger partial charge on any atom is -0.390 e. The van der Waals surface area contributed by atoms with E-state index in [1.807, 2.05) is 5.38 Å². The van der Waals surface area contributed by atoms with Crippen LogP contribution in [0.2, 0.25) is 0 Å². The Kier molecular flexibility index (Phi) is 3.62. The second-order valence-corrected chi connectivity index (χ2v) is 5.82. The molecular weight excluding hydrogens is 256 g/mol. The highest BCUT2D eigenvalue weighted by Gasteiger charge is 2.20.